The topological polar surface area (TPSA) is 64.3 Å². The number of rotatable bonds is 5. The van der Waals surface area contributed by atoms with Gasteiger partial charge in [-0.25, -0.2) is 0 Å². The van der Waals surface area contributed by atoms with E-state index in [1.54, 1.807) is 7.11 Å². The van der Waals surface area contributed by atoms with Gasteiger partial charge in [-0.15, -0.1) is 0 Å². The van der Waals surface area contributed by atoms with Crippen molar-refractivity contribution in [3.05, 3.63) is 29.8 Å². The van der Waals surface area contributed by atoms with Crippen molar-refractivity contribution in [1.82, 2.24) is 0 Å². The monoisotopic (exact) mass is 262 g/mol. The lowest BCUT2D eigenvalue weighted by molar-refractivity contribution is -0.120. The van der Waals surface area contributed by atoms with Gasteiger partial charge in [0.25, 0.3) is 0 Å². The maximum absolute atomic E-state index is 12.2. The van der Waals surface area contributed by atoms with Crippen LogP contribution in [0.25, 0.3) is 0 Å². The zero-order valence-electron chi connectivity index (χ0n) is 11.4. The predicted molar refractivity (Wildman–Crippen MR) is 76.0 cm³/mol. The molecule has 1 aliphatic carbocycles. The predicted octanol–water partition coefficient (Wildman–Crippen LogP) is 1.94. The Kier molecular flexibility index (Phi) is 4.93. The molecule has 2 unspecified atom stereocenters. The summed E-state index contributed by atoms with van der Waals surface area (Å²) in [6.45, 7) is 0.649. The van der Waals surface area contributed by atoms with Crippen LogP contribution in [0, 0.1) is 5.92 Å². The number of hydrogen-bond acceptors (Lipinski definition) is 3. The molecule has 0 aliphatic heterocycles. The molecule has 2 rings (SSSR count). The molecule has 1 saturated carbocycles. The highest BCUT2D eigenvalue weighted by molar-refractivity contribution is 5.93. The number of nitrogens with two attached hydrogens (primary N) is 1. The Balaban J connectivity index is 2.03. The average Bonchev–Trinajstić information content (AvgIpc) is 2.84. The van der Waals surface area contributed by atoms with E-state index in [1.165, 1.54) is 0 Å². The normalized spacial score (nSPS) is 22.4. The molecule has 104 valence electrons. The first kappa shape index (κ1) is 14.0. The smallest absolute Gasteiger partial charge is 0.229 e. The number of para-hydroxylation sites is 1. The van der Waals surface area contributed by atoms with Crippen LogP contribution in [0.15, 0.2) is 24.3 Å². The average molecular weight is 262 g/mol. The van der Waals surface area contributed by atoms with Crippen LogP contribution >= 0.6 is 0 Å². The third-order valence-electron chi connectivity index (χ3n) is 3.76. The van der Waals surface area contributed by atoms with Crippen LogP contribution in [0.2, 0.25) is 0 Å². The number of nitrogens with one attached hydrogen (secondary N) is 1. The Hall–Kier alpha value is -1.39. The molecule has 1 fully saturated rings. The van der Waals surface area contributed by atoms with Crippen molar-refractivity contribution in [2.24, 2.45) is 11.7 Å². The van der Waals surface area contributed by atoms with Gasteiger partial charge >= 0.3 is 0 Å². The summed E-state index contributed by atoms with van der Waals surface area (Å²) in [6.07, 6.45) is 3.69. The molecule has 4 heteroatoms. The van der Waals surface area contributed by atoms with Gasteiger partial charge in [0, 0.05) is 18.8 Å². The van der Waals surface area contributed by atoms with Crippen molar-refractivity contribution in [2.45, 2.75) is 31.7 Å². The van der Waals surface area contributed by atoms with Crippen molar-refractivity contribution >= 4 is 11.6 Å². The molecule has 3 N–H and O–H groups in total. The number of amides is 1. The molecule has 0 radical (unpaired) electrons. The van der Waals surface area contributed by atoms with Crippen molar-refractivity contribution in [2.75, 3.05) is 19.0 Å². The minimum absolute atomic E-state index is 0.00568. The van der Waals surface area contributed by atoms with E-state index in [1.807, 2.05) is 24.3 Å². The molecule has 1 amide bonds. The highest BCUT2D eigenvalue weighted by Crippen LogP contribution is 2.26. The summed E-state index contributed by atoms with van der Waals surface area (Å²) in [7, 11) is 1.68. The van der Waals surface area contributed by atoms with E-state index in [0.717, 1.165) is 36.9 Å². The number of carbonyl (C=O) groups excluding carboxylic acids is 1. The van der Waals surface area contributed by atoms with E-state index in [9.17, 15) is 4.79 Å². The Morgan fingerprint density at radius 1 is 1.42 bits per heavy atom. The standard InChI is InChI=1S/C15H22N2O2/c1-19-10-9-11-5-2-3-8-14(11)17-15(18)12-6-4-7-13(12)16/h2-3,5,8,12-13H,4,6-7,9-10,16H2,1H3,(H,17,18). The number of ether oxygens (including phenoxy) is 1. The van der Waals surface area contributed by atoms with Gasteiger partial charge < -0.3 is 15.8 Å². The second-order valence-corrected chi connectivity index (χ2v) is 5.09. The summed E-state index contributed by atoms with van der Waals surface area (Å²) in [4.78, 5) is 12.2. The van der Waals surface area contributed by atoms with E-state index in [0.29, 0.717) is 6.61 Å². The summed E-state index contributed by atoms with van der Waals surface area (Å²) in [5, 5.41) is 3.02. The zero-order chi connectivity index (χ0) is 13.7. The Bertz CT molecular complexity index is 434. The highest BCUT2D eigenvalue weighted by Gasteiger charge is 2.30. The first-order chi connectivity index (χ1) is 9.22. The largest absolute Gasteiger partial charge is 0.384 e. The van der Waals surface area contributed by atoms with Gasteiger partial charge in [0.05, 0.1) is 12.5 Å². The summed E-state index contributed by atoms with van der Waals surface area (Å²) in [5.74, 6) is 0.00495. The molecule has 4 nitrogen and oxygen atoms in total. The minimum Gasteiger partial charge on any atom is -0.384 e. The molecule has 2 atom stereocenters. The molecule has 0 aromatic heterocycles. The van der Waals surface area contributed by atoms with Gasteiger partial charge in [0.15, 0.2) is 0 Å². The first-order valence-corrected chi connectivity index (χ1v) is 6.85. The van der Waals surface area contributed by atoms with E-state index < -0.39 is 0 Å². The minimum atomic E-state index is -0.0459. The number of anilines is 1. The van der Waals surface area contributed by atoms with Crippen molar-refractivity contribution < 1.29 is 9.53 Å². The van der Waals surface area contributed by atoms with Crippen LogP contribution in [-0.2, 0) is 16.0 Å². The number of benzene rings is 1. The van der Waals surface area contributed by atoms with Gasteiger partial charge in [-0.05, 0) is 30.9 Å². The fourth-order valence-corrected chi connectivity index (χ4v) is 2.61. The summed E-state index contributed by atoms with van der Waals surface area (Å²) >= 11 is 0. The van der Waals surface area contributed by atoms with Crippen LogP contribution in [0.5, 0.6) is 0 Å². The van der Waals surface area contributed by atoms with E-state index in [2.05, 4.69) is 5.32 Å². The fourth-order valence-electron chi connectivity index (χ4n) is 2.61. The Labute approximate surface area is 114 Å². The molecule has 0 spiro atoms. The lowest BCUT2D eigenvalue weighted by Gasteiger charge is -2.17. The van der Waals surface area contributed by atoms with Crippen molar-refractivity contribution in [1.29, 1.82) is 0 Å². The second kappa shape index (κ2) is 6.68. The zero-order valence-corrected chi connectivity index (χ0v) is 11.4. The van der Waals surface area contributed by atoms with E-state index in [-0.39, 0.29) is 17.9 Å². The molecule has 1 aliphatic rings. The van der Waals surface area contributed by atoms with Gasteiger partial charge in [0.2, 0.25) is 5.91 Å². The van der Waals surface area contributed by atoms with Gasteiger partial charge in [-0.3, -0.25) is 4.79 Å². The molecule has 0 bridgehead atoms. The van der Waals surface area contributed by atoms with Crippen LogP contribution < -0.4 is 11.1 Å². The number of hydrogen-bond donors (Lipinski definition) is 2. The van der Waals surface area contributed by atoms with E-state index in [4.69, 9.17) is 10.5 Å². The summed E-state index contributed by atoms with van der Waals surface area (Å²) < 4.78 is 5.09. The molecule has 1 aromatic rings. The third-order valence-corrected chi connectivity index (χ3v) is 3.76. The Morgan fingerprint density at radius 2 is 2.21 bits per heavy atom. The first-order valence-electron chi connectivity index (χ1n) is 6.85. The highest BCUT2D eigenvalue weighted by atomic mass is 16.5. The van der Waals surface area contributed by atoms with Crippen LogP contribution in [0.4, 0.5) is 5.69 Å². The molecular weight excluding hydrogens is 240 g/mol. The quantitative estimate of drug-likeness (QED) is 0.852. The maximum atomic E-state index is 12.2. The number of carbonyl (C=O) groups is 1. The molecule has 19 heavy (non-hydrogen) atoms. The fraction of sp³-hybridized carbons (Fsp3) is 0.533. The van der Waals surface area contributed by atoms with Gasteiger partial charge in [0.1, 0.15) is 0 Å². The van der Waals surface area contributed by atoms with Crippen LogP contribution in [-0.4, -0.2) is 25.7 Å². The van der Waals surface area contributed by atoms with Gasteiger partial charge in [-0.1, -0.05) is 24.6 Å². The summed E-state index contributed by atoms with van der Waals surface area (Å²) in [5.41, 5.74) is 7.95. The second-order valence-electron chi connectivity index (χ2n) is 5.09. The molecule has 0 heterocycles. The van der Waals surface area contributed by atoms with Crippen LogP contribution in [0.1, 0.15) is 24.8 Å². The SMILES string of the molecule is COCCc1ccccc1NC(=O)C1CCCC1N. The molecule has 1 aromatic carbocycles. The van der Waals surface area contributed by atoms with Crippen molar-refractivity contribution in [3.63, 3.8) is 0 Å². The lowest BCUT2D eigenvalue weighted by Crippen LogP contribution is -2.34. The third kappa shape index (κ3) is 3.55. The van der Waals surface area contributed by atoms with E-state index >= 15 is 0 Å². The summed E-state index contributed by atoms with van der Waals surface area (Å²) in [6, 6.07) is 7.86. The van der Waals surface area contributed by atoms with Crippen molar-refractivity contribution in [3.8, 4) is 0 Å². The molecule has 0 saturated heterocycles. The van der Waals surface area contributed by atoms with Crippen LogP contribution in [0.3, 0.4) is 0 Å². The molecular formula is C15H22N2O2. The Morgan fingerprint density at radius 3 is 2.89 bits per heavy atom. The number of methoxy groups -OCH3 is 1. The van der Waals surface area contributed by atoms with Gasteiger partial charge in [-0.2, -0.15) is 0 Å². The maximum Gasteiger partial charge on any atom is 0.229 e. The lowest BCUT2D eigenvalue weighted by atomic mass is 10.0.